The molecule has 0 amide bonds. The van der Waals surface area contributed by atoms with Crippen LogP contribution in [0.5, 0.6) is 0 Å². The molecule has 1 atom stereocenters. The van der Waals surface area contributed by atoms with E-state index in [-0.39, 0.29) is 17.5 Å². The second-order valence-corrected chi connectivity index (χ2v) is 7.80. The Bertz CT molecular complexity index is 1010. The number of rotatable bonds is 5. The molecule has 0 radical (unpaired) electrons. The molecule has 2 aromatic carbocycles. The summed E-state index contributed by atoms with van der Waals surface area (Å²) in [6.45, 7) is 1.16. The lowest BCUT2D eigenvalue weighted by Gasteiger charge is -2.16. The molecule has 27 heavy (non-hydrogen) atoms. The Morgan fingerprint density at radius 3 is 2.89 bits per heavy atom. The molecule has 7 heteroatoms. The summed E-state index contributed by atoms with van der Waals surface area (Å²) in [4.78, 5) is 17.7. The van der Waals surface area contributed by atoms with Gasteiger partial charge in [-0.25, -0.2) is 9.37 Å². The fraction of sp³-hybridized carbons (Fsp3) is 0.300. The van der Waals surface area contributed by atoms with Gasteiger partial charge in [0.15, 0.2) is 5.16 Å². The quantitative estimate of drug-likeness (QED) is 0.458. The van der Waals surface area contributed by atoms with E-state index in [1.807, 2.05) is 18.2 Å². The predicted octanol–water partition coefficient (Wildman–Crippen LogP) is 4.66. The first-order valence-corrected chi connectivity index (χ1v) is 10.2. The number of hydrogen-bond donors (Lipinski definition) is 0. The Morgan fingerprint density at radius 1 is 1.26 bits per heavy atom. The van der Waals surface area contributed by atoms with Gasteiger partial charge in [-0.3, -0.25) is 9.36 Å². The highest BCUT2D eigenvalue weighted by molar-refractivity contribution is 7.98. The molecule has 4 rings (SSSR count). The SMILES string of the molecule is O=c1c2ccccc2nc(SCc2c(F)cccc2Cl)n1C[C@@H]1CCCO1. The van der Waals surface area contributed by atoms with Crippen LogP contribution in [0.1, 0.15) is 18.4 Å². The highest BCUT2D eigenvalue weighted by Crippen LogP contribution is 2.28. The molecule has 1 saturated heterocycles. The van der Waals surface area contributed by atoms with E-state index in [0.29, 0.717) is 45.5 Å². The van der Waals surface area contributed by atoms with Crippen LogP contribution in [0.2, 0.25) is 5.02 Å². The van der Waals surface area contributed by atoms with Crippen LogP contribution in [0, 0.1) is 5.82 Å². The van der Waals surface area contributed by atoms with Crippen molar-refractivity contribution in [2.75, 3.05) is 6.61 Å². The van der Waals surface area contributed by atoms with Gasteiger partial charge in [0, 0.05) is 22.9 Å². The van der Waals surface area contributed by atoms with Crippen LogP contribution in [0.25, 0.3) is 10.9 Å². The van der Waals surface area contributed by atoms with Gasteiger partial charge in [0.25, 0.3) is 5.56 Å². The number of hydrogen-bond acceptors (Lipinski definition) is 4. The minimum Gasteiger partial charge on any atom is -0.376 e. The summed E-state index contributed by atoms with van der Waals surface area (Å²) >= 11 is 7.45. The van der Waals surface area contributed by atoms with Crippen LogP contribution in [0.3, 0.4) is 0 Å². The second kappa shape index (κ2) is 8.00. The second-order valence-electron chi connectivity index (χ2n) is 6.45. The van der Waals surface area contributed by atoms with Gasteiger partial charge in [-0.05, 0) is 37.1 Å². The third kappa shape index (κ3) is 3.88. The van der Waals surface area contributed by atoms with Gasteiger partial charge < -0.3 is 4.74 Å². The Morgan fingerprint density at radius 2 is 2.11 bits per heavy atom. The Hall–Kier alpha value is -1.89. The Balaban J connectivity index is 1.72. The Kier molecular flexibility index (Phi) is 5.48. The van der Waals surface area contributed by atoms with Crippen molar-refractivity contribution in [1.82, 2.24) is 9.55 Å². The molecule has 0 saturated carbocycles. The van der Waals surface area contributed by atoms with Gasteiger partial charge in [0.1, 0.15) is 5.82 Å². The number of ether oxygens (including phenoxy) is 1. The van der Waals surface area contributed by atoms with Crippen molar-refractivity contribution in [2.24, 2.45) is 0 Å². The van der Waals surface area contributed by atoms with Crippen molar-refractivity contribution < 1.29 is 9.13 Å². The van der Waals surface area contributed by atoms with Crippen LogP contribution in [-0.4, -0.2) is 22.3 Å². The molecule has 140 valence electrons. The minimum atomic E-state index is -0.358. The summed E-state index contributed by atoms with van der Waals surface area (Å²) in [6.07, 6.45) is 1.91. The molecule has 1 aliphatic heterocycles. The zero-order chi connectivity index (χ0) is 18.8. The average molecular weight is 405 g/mol. The lowest BCUT2D eigenvalue weighted by atomic mass is 10.2. The molecular weight excluding hydrogens is 387 g/mol. The molecule has 3 aromatic rings. The van der Waals surface area contributed by atoms with E-state index < -0.39 is 0 Å². The third-order valence-electron chi connectivity index (χ3n) is 4.64. The molecule has 1 fully saturated rings. The van der Waals surface area contributed by atoms with Crippen LogP contribution in [-0.2, 0) is 17.0 Å². The topological polar surface area (TPSA) is 44.1 Å². The maximum atomic E-state index is 14.1. The first kappa shape index (κ1) is 18.5. The maximum Gasteiger partial charge on any atom is 0.262 e. The van der Waals surface area contributed by atoms with Crippen LogP contribution in [0.4, 0.5) is 4.39 Å². The largest absolute Gasteiger partial charge is 0.376 e. The van der Waals surface area contributed by atoms with Crippen molar-refractivity contribution in [3.05, 3.63) is 69.2 Å². The zero-order valence-electron chi connectivity index (χ0n) is 14.5. The number of nitrogens with zero attached hydrogens (tertiary/aromatic N) is 2. The average Bonchev–Trinajstić information content (AvgIpc) is 3.17. The van der Waals surface area contributed by atoms with Gasteiger partial charge in [0.2, 0.25) is 0 Å². The van der Waals surface area contributed by atoms with E-state index >= 15 is 0 Å². The van der Waals surface area contributed by atoms with E-state index in [0.717, 1.165) is 12.8 Å². The number of aromatic nitrogens is 2. The highest BCUT2D eigenvalue weighted by atomic mass is 35.5. The molecular formula is C20H18ClFN2O2S. The summed E-state index contributed by atoms with van der Waals surface area (Å²) in [5, 5.41) is 1.49. The molecule has 1 aliphatic rings. The summed E-state index contributed by atoms with van der Waals surface area (Å²) in [7, 11) is 0. The number of benzene rings is 2. The van der Waals surface area contributed by atoms with E-state index in [1.165, 1.54) is 17.8 Å². The number of fused-ring (bicyclic) bond motifs is 1. The summed E-state index contributed by atoms with van der Waals surface area (Å²) < 4.78 is 21.5. The molecule has 0 aliphatic carbocycles. The van der Waals surface area contributed by atoms with Crippen LogP contribution < -0.4 is 5.56 Å². The molecule has 4 nitrogen and oxygen atoms in total. The summed E-state index contributed by atoms with van der Waals surface area (Å²) in [5.74, 6) is -0.0641. The van der Waals surface area contributed by atoms with E-state index in [1.54, 1.807) is 22.8 Å². The van der Waals surface area contributed by atoms with Gasteiger partial charge in [0.05, 0.1) is 23.6 Å². The fourth-order valence-corrected chi connectivity index (χ4v) is 4.57. The number of para-hydroxylation sites is 1. The van der Waals surface area contributed by atoms with Gasteiger partial charge in [-0.15, -0.1) is 0 Å². The van der Waals surface area contributed by atoms with Crippen molar-refractivity contribution in [3.63, 3.8) is 0 Å². The minimum absolute atomic E-state index is 0.00191. The van der Waals surface area contributed by atoms with Gasteiger partial charge >= 0.3 is 0 Å². The molecule has 0 N–H and O–H groups in total. The molecule has 2 heterocycles. The summed E-state index contributed by atoms with van der Waals surface area (Å²) in [6, 6.07) is 11.9. The number of thioether (sulfide) groups is 1. The molecule has 0 unspecified atom stereocenters. The lowest BCUT2D eigenvalue weighted by Crippen LogP contribution is -2.28. The first-order valence-electron chi connectivity index (χ1n) is 8.80. The predicted molar refractivity (Wildman–Crippen MR) is 106 cm³/mol. The first-order chi connectivity index (χ1) is 13.1. The van der Waals surface area contributed by atoms with Crippen molar-refractivity contribution in [3.8, 4) is 0 Å². The molecule has 1 aromatic heterocycles. The smallest absolute Gasteiger partial charge is 0.262 e. The monoisotopic (exact) mass is 404 g/mol. The van der Waals surface area contributed by atoms with Gasteiger partial charge in [-0.1, -0.05) is 41.6 Å². The maximum absolute atomic E-state index is 14.1. The van der Waals surface area contributed by atoms with Crippen LogP contribution in [0.15, 0.2) is 52.4 Å². The zero-order valence-corrected chi connectivity index (χ0v) is 16.1. The normalized spacial score (nSPS) is 16.9. The van der Waals surface area contributed by atoms with Crippen molar-refractivity contribution in [2.45, 2.75) is 36.4 Å². The third-order valence-corrected chi connectivity index (χ3v) is 6.00. The van der Waals surface area contributed by atoms with Crippen molar-refractivity contribution >= 4 is 34.3 Å². The molecule has 0 bridgehead atoms. The Labute approximate surface area is 165 Å². The summed E-state index contributed by atoms with van der Waals surface area (Å²) in [5.41, 5.74) is 0.946. The standard InChI is InChI=1S/C20H18ClFN2O2S/c21-16-7-3-8-17(22)15(16)12-27-20-23-18-9-2-1-6-14(18)19(25)24(20)11-13-5-4-10-26-13/h1-3,6-9,13H,4-5,10-12H2/t13-/m0/s1. The highest BCUT2D eigenvalue weighted by Gasteiger charge is 2.20. The fourth-order valence-electron chi connectivity index (χ4n) is 3.22. The lowest BCUT2D eigenvalue weighted by molar-refractivity contribution is 0.0937. The van der Waals surface area contributed by atoms with E-state index in [2.05, 4.69) is 4.98 Å². The van der Waals surface area contributed by atoms with E-state index in [4.69, 9.17) is 16.3 Å². The van der Waals surface area contributed by atoms with Crippen LogP contribution >= 0.6 is 23.4 Å². The molecule has 0 spiro atoms. The number of halogens is 2. The van der Waals surface area contributed by atoms with Gasteiger partial charge in [-0.2, -0.15) is 0 Å². The van der Waals surface area contributed by atoms with E-state index in [9.17, 15) is 9.18 Å². The van der Waals surface area contributed by atoms with Crippen molar-refractivity contribution in [1.29, 1.82) is 0 Å².